The zero-order valence-corrected chi connectivity index (χ0v) is 12.5. The van der Waals surface area contributed by atoms with Crippen molar-refractivity contribution in [2.24, 2.45) is 0 Å². The lowest BCUT2D eigenvalue weighted by Crippen LogP contribution is -2.26. The highest BCUT2D eigenvalue weighted by Crippen LogP contribution is 2.20. The van der Waals surface area contributed by atoms with Crippen molar-refractivity contribution in [2.45, 2.75) is 44.6 Å². The molecule has 0 unspecified atom stereocenters. The van der Waals surface area contributed by atoms with Crippen LogP contribution in [0.15, 0.2) is 24.3 Å². The van der Waals surface area contributed by atoms with Crippen molar-refractivity contribution in [1.29, 1.82) is 0 Å². The molecule has 110 valence electrons. The van der Waals surface area contributed by atoms with Crippen LogP contribution in [-0.2, 0) is 4.74 Å². The van der Waals surface area contributed by atoms with Crippen LogP contribution in [0.4, 0.5) is 0 Å². The molecule has 0 saturated heterocycles. The molecule has 0 atom stereocenters. The van der Waals surface area contributed by atoms with Crippen molar-refractivity contribution < 1.29 is 9.53 Å². The van der Waals surface area contributed by atoms with E-state index in [9.17, 15) is 4.79 Å². The maximum atomic E-state index is 11.8. The summed E-state index contributed by atoms with van der Waals surface area (Å²) in [6.07, 6.45) is 7.60. The summed E-state index contributed by atoms with van der Waals surface area (Å²) >= 11 is 5.79. The molecule has 0 spiro atoms. The van der Waals surface area contributed by atoms with E-state index in [1.807, 2.05) is 0 Å². The van der Waals surface area contributed by atoms with E-state index in [-0.39, 0.29) is 5.91 Å². The number of rotatable bonds is 6. The van der Waals surface area contributed by atoms with Crippen LogP contribution in [0.2, 0.25) is 5.02 Å². The normalized spacial score (nSPS) is 16.1. The average molecular weight is 296 g/mol. The summed E-state index contributed by atoms with van der Waals surface area (Å²) in [7, 11) is 0. The molecule has 0 radical (unpaired) electrons. The maximum Gasteiger partial charge on any atom is 0.251 e. The lowest BCUT2D eigenvalue weighted by Gasteiger charge is -2.21. The molecule has 2 rings (SSSR count). The van der Waals surface area contributed by atoms with Gasteiger partial charge in [0.05, 0.1) is 6.10 Å². The van der Waals surface area contributed by atoms with E-state index >= 15 is 0 Å². The SMILES string of the molecule is O=C(NCCCOC1CCCCC1)c1ccc(Cl)cc1. The fourth-order valence-electron chi connectivity index (χ4n) is 2.46. The first-order valence-corrected chi connectivity index (χ1v) is 7.79. The van der Waals surface area contributed by atoms with Gasteiger partial charge in [0.2, 0.25) is 0 Å². The zero-order chi connectivity index (χ0) is 14.2. The van der Waals surface area contributed by atoms with Gasteiger partial charge in [-0.25, -0.2) is 0 Å². The van der Waals surface area contributed by atoms with Crippen molar-refractivity contribution in [3.63, 3.8) is 0 Å². The minimum Gasteiger partial charge on any atom is -0.378 e. The number of hydrogen-bond donors (Lipinski definition) is 1. The van der Waals surface area contributed by atoms with Gasteiger partial charge in [-0.05, 0) is 43.5 Å². The summed E-state index contributed by atoms with van der Waals surface area (Å²) in [5.74, 6) is -0.0562. The molecule has 1 aliphatic carbocycles. The van der Waals surface area contributed by atoms with E-state index in [2.05, 4.69) is 5.32 Å². The van der Waals surface area contributed by atoms with E-state index in [1.54, 1.807) is 24.3 Å². The highest BCUT2D eigenvalue weighted by molar-refractivity contribution is 6.30. The summed E-state index contributed by atoms with van der Waals surface area (Å²) < 4.78 is 5.82. The van der Waals surface area contributed by atoms with E-state index < -0.39 is 0 Å². The second kappa shape index (κ2) is 8.28. The van der Waals surface area contributed by atoms with Gasteiger partial charge < -0.3 is 10.1 Å². The van der Waals surface area contributed by atoms with Crippen molar-refractivity contribution >= 4 is 17.5 Å². The Morgan fingerprint density at radius 1 is 1.20 bits per heavy atom. The molecule has 0 bridgehead atoms. The van der Waals surface area contributed by atoms with E-state index in [0.717, 1.165) is 13.0 Å². The predicted molar refractivity (Wildman–Crippen MR) is 81.2 cm³/mol. The topological polar surface area (TPSA) is 38.3 Å². The van der Waals surface area contributed by atoms with Crippen LogP contribution in [0, 0.1) is 0 Å². The Bertz CT molecular complexity index is 413. The zero-order valence-electron chi connectivity index (χ0n) is 11.7. The third kappa shape index (κ3) is 5.14. The Morgan fingerprint density at radius 2 is 1.90 bits per heavy atom. The van der Waals surface area contributed by atoms with Gasteiger partial charge in [0.15, 0.2) is 0 Å². The van der Waals surface area contributed by atoms with Crippen LogP contribution >= 0.6 is 11.6 Å². The highest BCUT2D eigenvalue weighted by Gasteiger charge is 2.13. The Balaban J connectivity index is 1.58. The second-order valence-electron chi connectivity index (χ2n) is 5.25. The number of ether oxygens (including phenoxy) is 1. The Morgan fingerprint density at radius 3 is 2.60 bits per heavy atom. The van der Waals surface area contributed by atoms with Gasteiger partial charge >= 0.3 is 0 Å². The number of hydrogen-bond acceptors (Lipinski definition) is 2. The van der Waals surface area contributed by atoms with Crippen LogP contribution in [0.3, 0.4) is 0 Å². The van der Waals surface area contributed by atoms with Crippen molar-refractivity contribution in [3.05, 3.63) is 34.9 Å². The molecule has 1 aromatic rings. The lowest BCUT2D eigenvalue weighted by molar-refractivity contribution is 0.0273. The predicted octanol–water partition coefficient (Wildman–Crippen LogP) is 3.81. The monoisotopic (exact) mass is 295 g/mol. The van der Waals surface area contributed by atoms with Crippen molar-refractivity contribution in [3.8, 4) is 0 Å². The fourth-order valence-corrected chi connectivity index (χ4v) is 2.59. The number of benzene rings is 1. The van der Waals surface area contributed by atoms with Gasteiger partial charge in [-0.2, -0.15) is 0 Å². The van der Waals surface area contributed by atoms with Crippen LogP contribution in [-0.4, -0.2) is 25.2 Å². The van der Waals surface area contributed by atoms with Gasteiger partial charge in [0.25, 0.3) is 5.91 Å². The Hall–Kier alpha value is -1.06. The third-order valence-corrected chi connectivity index (χ3v) is 3.87. The molecule has 1 aliphatic rings. The number of halogens is 1. The number of carbonyl (C=O) groups excluding carboxylic acids is 1. The molecule has 1 fully saturated rings. The minimum atomic E-state index is -0.0562. The van der Waals surface area contributed by atoms with Crippen LogP contribution in [0.25, 0.3) is 0 Å². The van der Waals surface area contributed by atoms with E-state index in [0.29, 0.717) is 23.2 Å². The van der Waals surface area contributed by atoms with Crippen LogP contribution in [0.1, 0.15) is 48.9 Å². The first kappa shape index (κ1) is 15.3. The molecule has 3 nitrogen and oxygen atoms in total. The summed E-state index contributed by atoms with van der Waals surface area (Å²) in [4.78, 5) is 11.8. The van der Waals surface area contributed by atoms with Gasteiger partial charge in [-0.15, -0.1) is 0 Å². The number of amides is 1. The summed E-state index contributed by atoms with van der Waals surface area (Å²) in [6.45, 7) is 1.37. The van der Waals surface area contributed by atoms with E-state index in [4.69, 9.17) is 16.3 Å². The van der Waals surface area contributed by atoms with Crippen molar-refractivity contribution in [1.82, 2.24) is 5.32 Å². The quantitative estimate of drug-likeness (QED) is 0.811. The summed E-state index contributed by atoms with van der Waals surface area (Å²) in [6, 6.07) is 6.91. The Kier molecular flexibility index (Phi) is 6.34. The second-order valence-corrected chi connectivity index (χ2v) is 5.68. The first-order valence-electron chi connectivity index (χ1n) is 7.41. The number of nitrogens with one attached hydrogen (secondary N) is 1. The molecule has 4 heteroatoms. The number of carbonyl (C=O) groups is 1. The average Bonchev–Trinajstić information content (AvgIpc) is 2.48. The summed E-state index contributed by atoms with van der Waals surface area (Å²) in [5, 5.41) is 3.54. The molecule has 0 aromatic heterocycles. The van der Waals surface area contributed by atoms with Crippen LogP contribution in [0.5, 0.6) is 0 Å². The summed E-state index contributed by atoms with van der Waals surface area (Å²) in [5.41, 5.74) is 0.641. The lowest BCUT2D eigenvalue weighted by atomic mass is 9.98. The minimum absolute atomic E-state index is 0.0562. The standard InChI is InChI=1S/C16H22ClNO2/c17-14-9-7-13(8-10-14)16(19)18-11-4-12-20-15-5-2-1-3-6-15/h7-10,15H,1-6,11-12H2,(H,18,19). The molecule has 1 amide bonds. The largest absolute Gasteiger partial charge is 0.378 e. The van der Waals surface area contributed by atoms with Gasteiger partial charge in [-0.1, -0.05) is 30.9 Å². The van der Waals surface area contributed by atoms with Gasteiger partial charge in [-0.3, -0.25) is 4.79 Å². The molecule has 0 aliphatic heterocycles. The molecular formula is C16H22ClNO2. The maximum absolute atomic E-state index is 11.8. The molecule has 0 heterocycles. The highest BCUT2D eigenvalue weighted by atomic mass is 35.5. The van der Waals surface area contributed by atoms with Gasteiger partial charge in [0.1, 0.15) is 0 Å². The molecule has 1 N–H and O–H groups in total. The molecular weight excluding hydrogens is 274 g/mol. The van der Waals surface area contributed by atoms with Crippen LogP contribution < -0.4 is 5.32 Å². The van der Waals surface area contributed by atoms with Crippen molar-refractivity contribution in [2.75, 3.05) is 13.2 Å². The van der Waals surface area contributed by atoms with Gasteiger partial charge in [0, 0.05) is 23.7 Å². The van der Waals surface area contributed by atoms with E-state index in [1.165, 1.54) is 32.1 Å². The fraction of sp³-hybridized carbons (Fsp3) is 0.562. The molecule has 1 saturated carbocycles. The molecule has 20 heavy (non-hydrogen) atoms. The Labute approximate surface area is 125 Å². The first-order chi connectivity index (χ1) is 9.75. The molecule has 1 aromatic carbocycles. The third-order valence-electron chi connectivity index (χ3n) is 3.62. The smallest absolute Gasteiger partial charge is 0.251 e.